The molecule has 0 saturated heterocycles. The van der Waals surface area contributed by atoms with Crippen molar-refractivity contribution in [1.29, 1.82) is 0 Å². The first-order valence-corrected chi connectivity index (χ1v) is 9.85. The number of hydrogen-bond acceptors (Lipinski definition) is 6. The predicted octanol–water partition coefficient (Wildman–Crippen LogP) is 3.66. The minimum absolute atomic E-state index is 0.160. The largest absolute Gasteiger partial charge is 0.479 e. The molecule has 8 nitrogen and oxygen atoms in total. The fourth-order valence-electron chi connectivity index (χ4n) is 2.97. The summed E-state index contributed by atoms with van der Waals surface area (Å²) in [5, 5.41) is 1.17. The number of pyridine rings is 2. The first kappa shape index (κ1) is 19.8. The molecule has 0 radical (unpaired) electrons. The van der Waals surface area contributed by atoms with Crippen LogP contribution in [0.2, 0.25) is 0 Å². The van der Waals surface area contributed by atoms with E-state index in [0.717, 1.165) is 18.7 Å². The van der Waals surface area contributed by atoms with Crippen LogP contribution in [0.3, 0.4) is 0 Å². The minimum Gasteiger partial charge on any atom is -0.479 e. The summed E-state index contributed by atoms with van der Waals surface area (Å²) in [5.41, 5.74) is 0.694. The lowest BCUT2D eigenvalue weighted by molar-refractivity contribution is -0.0555. The molecule has 3 aromatic heterocycles. The van der Waals surface area contributed by atoms with Crippen molar-refractivity contribution in [3.05, 3.63) is 48.5 Å². The van der Waals surface area contributed by atoms with Crippen LogP contribution in [0.5, 0.6) is 11.8 Å². The molecule has 0 spiro atoms. The maximum atomic E-state index is 14.0. The first-order valence-electron chi connectivity index (χ1n) is 8.37. The van der Waals surface area contributed by atoms with Crippen molar-refractivity contribution >= 4 is 37.5 Å². The van der Waals surface area contributed by atoms with Gasteiger partial charge in [-0.15, -0.1) is 0 Å². The molecule has 0 saturated carbocycles. The lowest BCUT2D eigenvalue weighted by Crippen LogP contribution is -2.15. The molecule has 0 aliphatic rings. The number of nitrogens with one attached hydrogen (secondary N) is 2. The summed E-state index contributed by atoms with van der Waals surface area (Å²) in [6.45, 7) is -3.31. The Hall–Kier alpha value is -3.54. The molecule has 0 amide bonds. The Morgan fingerprint density at radius 1 is 1.20 bits per heavy atom. The molecule has 12 heteroatoms. The summed E-state index contributed by atoms with van der Waals surface area (Å²) in [5.74, 6) is -2.76. The Morgan fingerprint density at radius 2 is 2.00 bits per heavy atom. The first-order chi connectivity index (χ1) is 14.3. The van der Waals surface area contributed by atoms with Crippen molar-refractivity contribution in [1.82, 2.24) is 15.0 Å². The van der Waals surface area contributed by atoms with E-state index < -0.39 is 39.9 Å². The van der Waals surface area contributed by atoms with Gasteiger partial charge in [-0.2, -0.15) is 13.8 Å². The summed E-state index contributed by atoms with van der Waals surface area (Å²) >= 11 is 0. The third-order valence-electron chi connectivity index (χ3n) is 4.22. The number of aromatic amines is 1. The lowest BCUT2D eigenvalue weighted by atomic mass is 10.1. The number of alkyl halides is 2. The molecular formula is C18H13F3N4O4S. The van der Waals surface area contributed by atoms with E-state index in [1.807, 2.05) is 6.07 Å². The third-order valence-corrected chi connectivity index (χ3v) is 5.62. The quantitative estimate of drug-likeness (QED) is 0.476. The van der Waals surface area contributed by atoms with Crippen molar-refractivity contribution in [2.45, 2.75) is 11.5 Å². The summed E-state index contributed by atoms with van der Waals surface area (Å²) in [6.07, 6.45) is 2.85. The number of sulfonamides is 1. The number of H-pyrrole nitrogens is 1. The van der Waals surface area contributed by atoms with E-state index in [1.165, 1.54) is 0 Å². The van der Waals surface area contributed by atoms with Gasteiger partial charge in [0, 0.05) is 29.2 Å². The van der Waals surface area contributed by atoms with E-state index in [1.54, 1.807) is 24.4 Å². The number of fused-ring (bicyclic) bond motifs is 3. The van der Waals surface area contributed by atoms with E-state index >= 15 is 0 Å². The average molecular weight is 438 g/mol. The van der Waals surface area contributed by atoms with Gasteiger partial charge < -0.3 is 14.5 Å². The highest BCUT2D eigenvalue weighted by molar-refractivity contribution is 7.93. The van der Waals surface area contributed by atoms with E-state index in [2.05, 4.69) is 24.4 Å². The Bertz CT molecular complexity index is 1360. The molecule has 3 heterocycles. The van der Waals surface area contributed by atoms with Gasteiger partial charge in [-0.3, -0.25) is 9.71 Å². The molecule has 0 aliphatic heterocycles. The van der Waals surface area contributed by atoms with Gasteiger partial charge in [0.1, 0.15) is 10.6 Å². The number of aromatic nitrogens is 3. The van der Waals surface area contributed by atoms with Crippen LogP contribution < -0.4 is 14.2 Å². The van der Waals surface area contributed by atoms with Crippen LogP contribution >= 0.6 is 0 Å². The molecule has 4 rings (SSSR count). The molecule has 30 heavy (non-hydrogen) atoms. The van der Waals surface area contributed by atoms with Crippen LogP contribution in [-0.2, 0) is 10.0 Å². The summed E-state index contributed by atoms with van der Waals surface area (Å²) in [7, 11) is -3.14. The van der Waals surface area contributed by atoms with Gasteiger partial charge in [-0.05, 0) is 6.07 Å². The smallest absolute Gasteiger partial charge is 0.388 e. The van der Waals surface area contributed by atoms with Crippen molar-refractivity contribution in [3.63, 3.8) is 0 Å². The van der Waals surface area contributed by atoms with Crippen LogP contribution in [0.25, 0.3) is 21.8 Å². The SMILES string of the molecule is COc1nc(OC(F)F)c(F)cc1NS(=O)(=O)c1cnc2c1ccc1ccc[nH]c12. The normalized spacial score (nSPS) is 11.9. The van der Waals surface area contributed by atoms with Gasteiger partial charge in [0.25, 0.3) is 15.9 Å². The number of hydrogen-bond donors (Lipinski definition) is 2. The van der Waals surface area contributed by atoms with Gasteiger partial charge in [0.2, 0.25) is 5.88 Å². The highest BCUT2D eigenvalue weighted by atomic mass is 32.2. The monoisotopic (exact) mass is 438 g/mol. The molecule has 2 N–H and O–H groups in total. The molecular weight excluding hydrogens is 425 g/mol. The van der Waals surface area contributed by atoms with E-state index in [-0.39, 0.29) is 4.90 Å². The number of ether oxygens (including phenoxy) is 2. The molecule has 0 aliphatic carbocycles. The highest BCUT2D eigenvalue weighted by Crippen LogP contribution is 2.33. The Balaban J connectivity index is 1.77. The summed E-state index contributed by atoms with van der Waals surface area (Å²) in [4.78, 5) is 10.5. The van der Waals surface area contributed by atoms with Crippen molar-refractivity contribution in [2.75, 3.05) is 11.8 Å². The lowest BCUT2D eigenvalue weighted by Gasteiger charge is -2.13. The standard InChI is InChI=1S/C18H13F3N4O4S/c1-28-17-12(7-11(19)16(24-17)29-18(20)21)25-30(26,27)13-8-23-15-10(13)5-4-9-3-2-6-22-14(9)15/h2-8,18,22,25H,1H3. The van der Waals surface area contributed by atoms with E-state index in [0.29, 0.717) is 22.5 Å². The van der Waals surface area contributed by atoms with Crippen molar-refractivity contribution < 1.29 is 31.1 Å². The second-order valence-electron chi connectivity index (χ2n) is 6.03. The Morgan fingerprint density at radius 3 is 2.73 bits per heavy atom. The number of rotatable bonds is 6. The zero-order valence-electron chi connectivity index (χ0n) is 15.2. The van der Waals surface area contributed by atoms with Crippen molar-refractivity contribution in [2.24, 2.45) is 0 Å². The number of anilines is 1. The average Bonchev–Trinajstić information content (AvgIpc) is 3.15. The number of halogens is 3. The van der Waals surface area contributed by atoms with Crippen molar-refractivity contribution in [3.8, 4) is 11.8 Å². The summed E-state index contributed by atoms with van der Waals surface area (Å²) < 4.78 is 75.6. The maximum Gasteiger partial charge on any atom is 0.388 e. The fourth-order valence-corrected chi connectivity index (χ4v) is 4.16. The van der Waals surface area contributed by atoms with Gasteiger partial charge in [0.15, 0.2) is 5.82 Å². The van der Waals surface area contributed by atoms with Crippen LogP contribution in [0, 0.1) is 5.82 Å². The van der Waals surface area contributed by atoms with Gasteiger partial charge in [-0.25, -0.2) is 12.8 Å². The molecule has 156 valence electrons. The van der Waals surface area contributed by atoms with Crippen LogP contribution in [0.15, 0.2) is 47.6 Å². The molecule has 0 bridgehead atoms. The zero-order chi connectivity index (χ0) is 21.5. The summed E-state index contributed by atoms with van der Waals surface area (Å²) in [6, 6.07) is 7.61. The molecule has 4 aromatic rings. The van der Waals surface area contributed by atoms with Gasteiger partial charge in [-0.1, -0.05) is 18.2 Å². The van der Waals surface area contributed by atoms with Gasteiger partial charge in [0.05, 0.1) is 18.1 Å². The fraction of sp³-hybridized carbons (Fsp3) is 0.111. The third kappa shape index (κ3) is 3.45. The molecule has 0 fully saturated rings. The van der Waals surface area contributed by atoms with Gasteiger partial charge >= 0.3 is 6.61 Å². The van der Waals surface area contributed by atoms with Crippen LogP contribution in [0.1, 0.15) is 0 Å². The van der Waals surface area contributed by atoms with E-state index in [9.17, 15) is 21.6 Å². The Kier molecular flexibility index (Phi) is 4.86. The topological polar surface area (TPSA) is 106 Å². The molecule has 0 unspecified atom stereocenters. The second-order valence-corrected chi connectivity index (χ2v) is 7.69. The molecule has 0 atom stereocenters. The second kappa shape index (κ2) is 7.37. The highest BCUT2D eigenvalue weighted by Gasteiger charge is 2.25. The number of benzene rings is 1. The van der Waals surface area contributed by atoms with Crippen LogP contribution in [-0.4, -0.2) is 37.1 Å². The maximum absolute atomic E-state index is 14.0. The molecule has 1 aromatic carbocycles. The number of nitrogens with zero attached hydrogens (tertiary/aromatic N) is 2. The van der Waals surface area contributed by atoms with E-state index in [4.69, 9.17) is 4.74 Å². The minimum atomic E-state index is -4.25. The zero-order valence-corrected chi connectivity index (χ0v) is 16.0. The Labute approximate surface area is 167 Å². The number of methoxy groups -OCH3 is 1. The van der Waals surface area contributed by atoms with Crippen LogP contribution in [0.4, 0.5) is 18.9 Å². The predicted molar refractivity (Wildman–Crippen MR) is 102 cm³/mol.